The van der Waals surface area contributed by atoms with Crippen LogP contribution in [0.5, 0.6) is 0 Å². The Morgan fingerprint density at radius 1 is 1.40 bits per heavy atom. The molecule has 1 unspecified atom stereocenters. The Hall–Kier alpha value is -3.91. The van der Waals surface area contributed by atoms with Crippen LogP contribution in [-0.2, 0) is 25.8 Å². The number of hydrogen-bond acceptors (Lipinski definition) is 10. The van der Waals surface area contributed by atoms with Crippen LogP contribution < -0.4 is 21.4 Å². The summed E-state index contributed by atoms with van der Waals surface area (Å²) in [5.41, 5.74) is 12.5. The van der Waals surface area contributed by atoms with E-state index in [2.05, 4.69) is 15.5 Å². The number of nitrogen functional groups attached to an aromatic ring is 2. The zero-order valence-corrected chi connectivity index (χ0v) is 20.1. The minimum absolute atomic E-state index is 0.0964. The lowest BCUT2D eigenvalue weighted by Gasteiger charge is -2.49. The Labute approximate surface area is 207 Å². The van der Waals surface area contributed by atoms with Gasteiger partial charge >= 0.3 is 5.97 Å². The van der Waals surface area contributed by atoms with E-state index in [1.807, 2.05) is 23.0 Å². The van der Waals surface area contributed by atoms with Crippen LogP contribution in [0.4, 0.5) is 10.8 Å². The van der Waals surface area contributed by atoms with Gasteiger partial charge in [0.25, 0.3) is 11.8 Å². The molecule has 0 aliphatic carbocycles. The van der Waals surface area contributed by atoms with E-state index in [1.54, 1.807) is 23.6 Å². The second-order valence-corrected chi connectivity index (χ2v) is 9.46. The Balaban J connectivity index is 1.48. The molecule has 0 radical (unpaired) electrons. The highest BCUT2D eigenvalue weighted by Crippen LogP contribution is 2.40. The fourth-order valence-electron chi connectivity index (χ4n) is 3.58. The Kier molecular flexibility index (Phi) is 7.02. The van der Waals surface area contributed by atoms with E-state index in [0.29, 0.717) is 23.6 Å². The number of aromatic nitrogens is 2. The number of β-lactam (4-membered cyclic amide) rings is 1. The number of hydrogen-bond donors (Lipinski definition) is 4. The summed E-state index contributed by atoms with van der Waals surface area (Å²) in [6, 6.07) is 2.60. The fourth-order valence-corrected chi connectivity index (χ4v) is 5.45. The van der Waals surface area contributed by atoms with Gasteiger partial charge in [-0.2, -0.15) is 0 Å². The summed E-state index contributed by atoms with van der Waals surface area (Å²) in [7, 11) is 1.28. The van der Waals surface area contributed by atoms with Crippen molar-refractivity contribution in [1.82, 2.24) is 15.2 Å². The zero-order valence-electron chi connectivity index (χ0n) is 18.5. The van der Waals surface area contributed by atoms with Crippen molar-refractivity contribution in [3.63, 3.8) is 0 Å². The molecule has 0 spiro atoms. The number of carbonyl (C=O) groups excluding carboxylic acids is 2. The highest BCUT2D eigenvalue weighted by Gasteiger charge is 2.54. The van der Waals surface area contributed by atoms with Crippen molar-refractivity contribution in [1.29, 1.82) is 0 Å². The van der Waals surface area contributed by atoms with E-state index in [9.17, 15) is 19.5 Å². The number of pyridine rings is 1. The number of carbonyl (C=O) groups is 3. The van der Waals surface area contributed by atoms with Crippen LogP contribution >= 0.6 is 23.1 Å². The Morgan fingerprint density at radius 2 is 2.14 bits per heavy atom. The molecule has 0 aromatic carbocycles. The van der Waals surface area contributed by atoms with Crippen LogP contribution in [0.25, 0.3) is 0 Å². The second kappa shape index (κ2) is 10.1. The van der Waals surface area contributed by atoms with Crippen molar-refractivity contribution in [3.8, 4) is 0 Å². The summed E-state index contributed by atoms with van der Waals surface area (Å²) in [6.07, 6.45) is 7.13. The number of nitrogens with zero attached hydrogens (tertiary/aromatic N) is 4. The molecule has 1 fully saturated rings. The molecular formula is C21H22N7O5S2+. The summed E-state index contributed by atoms with van der Waals surface area (Å²) in [6.45, 7) is 0.500. The smallest absolute Gasteiger partial charge is 0.352 e. The van der Waals surface area contributed by atoms with Gasteiger partial charge in [0, 0.05) is 29.0 Å². The third kappa shape index (κ3) is 4.97. The van der Waals surface area contributed by atoms with E-state index >= 15 is 0 Å². The van der Waals surface area contributed by atoms with Crippen molar-refractivity contribution in [2.45, 2.75) is 18.0 Å². The van der Waals surface area contributed by atoms with Gasteiger partial charge in [0.1, 0.15) is 29.9 Å². The van der Waals surface area contributed by atoms with Crippen molar-refractivity contribution in [2.24, 2.45) is 5.16 Å². The number of aliphatic carboxylic acids is 1. The predicted molar refractivity (Wildman–Crippen MR) is 130 cm³/mol. The number of nitrogens with one attached hydrogen (secondary N) is 1. The number of carboxylic acid groups (broad SMARTS) is 1. The number of amides is 2. The summed E-state index contributed by atoms with van der Waals surface area (Å²) < 4.78 is 1.88. The van der Waals surface area contributed by atoms with Crippen LogP contribution in [-0.4, -0.2) is 62.8 Å². The molecular weight excluding hydrogens is 494 g/mol. The van der Waals surface area contributed by atoms with Gasteiger partial charge in [0.05, 0.1) is 0 Å². The summed E-state index contributed by atoms with van der Waals surface area (Å²) in [5.74, 6) is -2.07. The first-order chi connectivity index (χ1) is 16.8. The lowest BCUT2D eigenvalue weighted by atomic mass is 10.0. The van der Waals surface area contributed by atoms with Crippen molar-refractivity contribution in [2.75, 3.05) is 24.3 Å². The van der Waals surface area contributed by atoms with Gasteiger partial charge in [-0.25, -0.2) is 14.3 Å². The number of nitrogens with two attached hydrogens (primary N) is 2. The molecule has 0 saturated carbocycles. The van der Waals surface area contributed by atoms with Crippen LogP contribution in [0.2, 0.25) is 0 Å². The van der Waals surface area contributed by atoms with E-state index in [4.69, 9.17) is 16.3 Å². The number of fused-ring (bicyclic) bond motifs is 1. The number of thioether (sulfide) groups is 1. The molecule has 35 heavy (non-hydrogen) atoms. The average Bonchev–Trinajstić information content (AvgIpc) is 3.27. The molecule has 4 heterocycles. The maximum absolute atomic E-state index is 12.9. The number of anilines is 2. The number of carboxylic acids is 1. The van der Waals surface area contributed by atoms with Crippen molar-refractivity contribution in [3.05, 3.63) is 59.0 Å². The monoisotopic (exact) mass is 516 g/mol. The quantitative estimate of drug-likeness (QED) is 0.162. The SMILES string of the molecule is CON=C(C(=O)NC1C(=O)N2C(C(=O)O)=C(C=CC[n+]3ccc(N)cc3)CS[C@@H]12)c1csc(N)n1. The van der Waals surface area contributed by atoms with Gasteiger partial charge in [-0.15, -0.1) is 23.1 Å². The van der Waals surface area contributed by atoms with E-state index in [1.165, 1.54) is 23.8 Å². The molecule has 1 saturated heterocycles. The first-order valence-corrected chi connectivity index (χ1v) is 12.2. The van der Waals surface area contributed by atoms with Crippen molar-refractivity contribution >= 4 is 57.4 Å². The van der Waals surface area contributed by atoms with E-state index < -0.39 is 29.2 Å². The molecule has 6 N–H and O–H groups in total. The molecule has 2 atom stereocenters. The number of oxime groups is 1. The summed E-state index contributed by atoms with van der Waals surface area (Å²) >= 11 is 2.49. The molecule has 12 nitrogen and oxygen atoms in total. The topological polar surface area (TPSA) is 177 Å². The van der Waals surface area contributed by atoms with Crippen LogP contribution in [0.1, 0.15) is 5.69 Å². The number of thiazole rings is 1. The molecule has 4 rings (SSSR count). The van der Waals surface area contributed by atoms with Crippen LogP contribution in [0.3, 0.4) is 0 Å². The van der Waals surface area contributed by atoms with Crippen LogP contribution in [0.15, 0.2) is 58.5 Å². The molecule has 0 bridgehead atoms. The standard InChI is InChI=1S/C21H21N7O5S2/c1-33-26-14(13-10-35-21(23)24-13)17(29)25-15-18(30)28-16(20(31)32)11(9-34-19(15)28)3-2-6-27-7-4-12(22)5-8-27/h2-5,7-8,10,15,19,22H,6,9H2,1H3,(H4,23,24,25,29,31,32)/p+1/t15?,19-/m0/s1. The van der Waals surface area contributed by atoms with Crippen LogP contribution in [0, 0.1) is 0 Å². The first-order valence-electron chi connectivity index (χ1n) is 10.3. The summed E-state index contributed by atoms with van der Waals surface area (Å²) in [5, 5.41) is 17.4. The normalized spacial score (nSPS) is 20.0. The zero-order chi connectivity index (χ0) is 25.1. The highest BCUT2D eigenvalue weighted by atomic mass is 32.2. The van der Waals surface area contributed by atoms with Gasteiger partial charge in [0.2, 0.25) is 0 Å². The molecule has 2 amide bonds. The van der Waals surface area contributed by atoms with Gasteiger partial charge in [-0.1, -0.05) is 11.2 Å². The number of allylic oxidation sites excluding steroid dienone is 2. The fraction of sp³-hybridized carbons (Fsp3) is 0.238. The molecule has 2 aliphatic rings. The largest absolute Gasteiger partial charge is 0.477 e. The highest BCUT2D eigenvalue weighted by molar-refractivity contribution is 8.00. The second-order valence-electron chi connectivity index (χ2n) is 7.46. The minimum Gasteiger partial charge on any atom is -0.477 e. The average molecular weight is 517 g/mol. The molecule has 2 aromatic heterocycles. The van der Waals surface area contributed by atoms with E-state index in [-0.39, 0.29) is 22.2 Å². The maximum Gasteiger partial charge on any atom is 0.352 e. The third-order valence-electron chi connectivity index (χ3n) is 5.20. The third-order valence-corrected chi connectivity index (χ3v) is 7.18. The Morgan fingerprint density at radius 3 is 2.77 bits per heavy atom. The van der Waals surface area contributed by atoms with E-state index in [0.717, 1.165) is 11.3 Å². The molecule has 2 aliphatic heterocycles. The van der Waals surface area contributed by atoms with Crippen molar-refractivity contribution < 1.29 is 28.9 Å². The van der Waals surface area contributed by atoms with Gasteiger partial charge < -0.3 is 26.7 Å². The minimum atomic E-state index is -1.22. The predicted octanol–water partition coefficient (Wildman–Crippen LogP) is -0.0595. The van der Waals surface area contributed by atoms with Gasteiger partial charge in [-0.05, 0) is 11.6 Å². The first kappa shape index (κ1) is 24.2. The van der Waals surface area contributed by atoms with Gasteiger partial charge in [0.15, 0.2) is 29.8 Å². The summed E-state index contributed by atoms with van der Waals surface area (Å²) in [4.78, 5) is 47.7. The molecule has 2 aromatic rings. The molecule has 182 valence electrons. The maximum atomic E-state index is 12.9. The lowest BCUT2D eigenvalue weighted by molar-refractivity contribution is -0.686. The number of rotatable bonds is 8. The molecule has 14 heteroatoms. The Bertz CT molecular complexity index is 1260. The lowest BCUT2D eigenvalue weighted by Crippen LogP contribution is -2.71. The van der Waals surface area contributed by atoms with Gasteiger partial charge in [-0.3, -0.25) is 14.5 Å².